The summed E-state index contributed by atoms with van der Waals surface area (Å²) in [5.74, 6) is -1.18. The summed E-state index contributed by atoms with van der Waals surface area (Å²) in [6, 6.07) is 9.68. The number of hydrogen-bond acceptors (Lipinski definition) is 6. The number of ether oxygens (including phenoxy) is 1. The molecular weight excluding hydrogens is 385 g/mol. The van der Waals surface area contributed by atoms with Crippen molar-refractivity contribution in [3.8, 4) is 5.75 Å². The van der Waals surface area contributed by atoms with Crippen molar-refractivity contribution < 1.29 is 26.5 Å². The van der Waals surface area contributed by atoms with Gasteiger partial charge in [-0.3, -0.25) is 4.98 Å². The van der Waals surface area contributed by atoms with Gasteiger partial charge in [0.2, 0.25) is 0 Å². The quantitative estimate of drug-likeness (QED) is 0.480. The van der Waals surface area contributed by atoms with E-state index in [0.717, 1.165) is 17.4 Å². The van der Waals surface area contributed by atoms with Crippen LogP contribution in [-0.2, 0) is 21.3 Å². The van der Waals surface area contributed by atoms with Gasteiger partial charge < -0.3 is 8.92 Å². The molecule has 1 aromatic heterocycles. The first-order valence-electron chi connectivity index (χ1n) is 8.32. The summed E-state index contributed by atoms with van der Waals surface area (Å²) in [7, 11) is -2.69. The number of hydrogen-bond donors (Lipinski definition) is 0. The Morgan fingerprint density at radius 2 is 1.82 bits per heavy atom. The van der Waals surface area contributed by atoms with Crippen molar-refractivity contribution in [2.75, 3.05) is 13.4 Å². The minimum absolute atomic E-state index is 0.0132. The fourth-order valence-electron chi connectivity index (χ4n) is 2.95. The number of aryl methyl sites for hydroxylation is 1. The number of carbonyl (C=O) groups is 1. The van der Waals surface area contributed by atoms with Crippen LogP contribution in [0, 0.1) is 12.7 Å². The number of carbonyl (C=O) groups excluding carboxylic acids is 1. The number of fused-ring (bicyclic) bond motifs is 1. The van der Waals surface area contributed by atoms with E-state index in [1.807, 2.05) is 6.07 Å². The monoisotopic (exact) mass is 403 g/mol. The molecule has 0 N–H and O–H groups in total. The van der Waals surface area contributed by atoms with Crippen molar-refractivity contribution in [3.63, 3.8) is 0 Å². The highest BCUT2D eigenvalue weighted by atomic mass is 32.2. The van der Waals surface area contributed by atoms with Crippen LogP contribution in [0.3, 0.4) is 0 Å². The normalized spacial score (nSPS) is 11.4. The molecule has 0 saturated carbocycles. The van der Waals surface area contributed by atoms with Crippen molar-refractivity contribution in [1.82, 2.24) is 4.98 Å². The number of methoxy groups -OCH3 is 1. The first-order chi connectivity index (χ1) is 13.2. The van der Waals surface area contributed by atoms with Gasteiger partial charge in [-0.1, -0.05) is 12.1 Å². The van der Waals surface area contributed by atoms with Crippen LogP contribution in [0.1, 0.15) is 27.0 Å². The molecule has 28 heavy (non-hydrogen) atoms. The number of pyridine rings is 1. The number of benzene rings is 2. The van der Waals surface area contributed by atoms with Gasteiger partial charge in [0.05, 0.1) is 13.4 Å². The third-order valence-electron chi connectivity index (χ3n) is 4.13. The van der Waals surface area contributed by atoms with Crippen LogP contribution in [-0.4, -0.2) is 32.7 Å². The molecule has 6 nitrogen and oxygen atoms in total. The molecule has 1 heterocycles. The topological polar surface area (TPSA) is 82.6 Å². The van der Waals surface area contributed by atoms with Gasteiger partial charge >= 0.3 is 16.1 Å². The molecule has 0 aliphatic carbocycles. The van der Waals surface area contributed by atoms with E-state index in [-0.39, 0.29) is 22.6 Å². The lowest BCUT2D eigenvalue weighted by atomic mass is 10.0. The summed E-state index contributed by atoms with van der Waals surface area (Å²) in [5.41, 5.74) is 2.49. The second kappa shape index (κ2) is 7.55. The molecule has 0 unspecified atom stereocenters. The van der Waals surface area contributed by atoms with Gasteiger partial charge in [-0.15, -0.1) is 0 Å². The first kappa shape index (κ1) is 19.8. The molecule has 0 atom stereocenters. The Kier molecular flexibility index (Phi) is 5.33. The van der Waals surface area contributed by atoms with Crippen molar-refractivity contribution in [2.45, 2.75) is 13.3 Å². The highest BCUT2D eigenvalue weighted by molar-refractivity contribution is 7.86. The van der Waals surface area contributed by atoms with Crippen molar-refractivity contribution in [2.24, 2.45) is 0 Å². The fraction of sp³-hybridized carbons (Fsp3) is 0.200. The van der Waals surface area contributed by atoms with E-state index in [0.29, 0.717) is 17.4 Å². The maximum absolute atomic E-state index is 13.1. The average molecular weight is 403 g/mol. The van der Waals surface area contributed by atoms with E-state index < -0.39 is 16.1 Å². The Hall–Kier alpha value is -3.00. The highest BCUT2D eigenvalue weighted by Crippen LogP contribution is 2.33. The summed E-state index contributed by atoms with van der Waals surface area (Å²) >= 11 is 0. The molecule has 0 fully saturated rings. The number of aromatic nitrogens is 1. The standard InChI is InChI=1S/C20H18FNO5S/c1-12-8-15-10-14(9-13-4-6-16(21)7-5-13)11-22-18(15)19(27-28(3,24)25)17(12)20(23)26-2/h4-8,10-11H,9H2,1-3H3. The predicted octanol–water partition coefficient (Wildman–Crippen LogP) is 3.40. The molecule has 0 aliphatic rings. The van der Waals surface area contributed by atoms with E-state index in [9.17, 15) is 17.6 Å². The minimum Gasteiger partial charge on any atom is -0.465 e. The van der Waals surface area contributed by atoms with Crippen LogP contribution in [0.25, 0.3) is 10.9 Å². The van der Waals surface area contributed by atoms with Gasteiger partial charge in [0.15, 0.2) is 5.75 Å². The van der Waals surface area contributed by atoms with Crippen LogP contribution in [0.15, 0.2) is 42.6 Å². The zero-order valence-corrected chi connectivity index (χ0v) is 16.3. The van der Waals surface area contributed by atoms with Gasteiger partial charge in [0.1, 0.15) is 16.9 Å². The summed E-state index contributed by atoms with van der Waals surface area (Å²) in [6.07, 6.45) is 2.98. The second-order valence-electron chi connectivity index (χ2n) is 6.40. The second-order valence-corrected chi connectivity index (χ2v) is 7.97. The summed E-state index contributed by atoms with van der Waals surface area (Å²) < 4.78 is 46.4. The highest BCUT2D eigenvalue weighted by Gasteiger charge is 2.23. The van der Waals surface area contributed by atoms with E-state index in [4.69, 9.17) is 8.92 Å². The summed E-state index contributed by atoms with van der Waals surface area (Å²) in [4.78, 5) is 16.5. The maximum atomic E-state index is 13.1. The van der Waals surface area contributed by atoms with Crippen LogP contribution in [0.4, 0.5) is 4.39 Å². The van der Waals surface area contributed by atoms with Crippen molar-refractivity contribution in [3.05, 3.63) is 70.7 Å². The van der Waals surface area contributed by atoms with Gasteiger partial charge in [-0.25, -0.2) is 9.18 Å². The molecule has 2 aromatic carbocycles. The number of esters is 1. The van der Waals surface area contributed by atoms with E-state index in [2.05, 4.69) is 4.98 Å². The molecule has 3 rings (SSSR count). The largest absolute Gasteiger partial charge is 0.465 e. The van der Waals surface area contributed by atoms with Gasteiger partial charge in [0, 0.05) is 11.6 Å². The SMILES string of the molecule is COC(=O)c1c(C)cc2cc(Cc3ccc(F)cc3)cnc2c1OS(C)(=O)=O. The predicted molar refractivity (Wildman–Crippen MR) is 102 cm³/mol. The minimum atomic E-state index is -3.90. The number of nitrogens with zero attached hydrogens (tertiary/aromatic N) is 1. The number of rotatable bonds is 5. The zero-order chi connectivity index (χ0) is 20.5. The maximum Gasteiger partial charge on any atom is 0.342 e. The van der Waals surface area contributed by atoms with Crippen LogP contribution in [0.2, 0.25) is 0 Å². The van der Waals surface area contributed by atoms with Crippen LogP contribution in [0.5, 0.6) is 5.75 Å². The molecule has 0 aliphatic heterocycles. The Bertz CT molecular complexity index is 1160. The lowest BCUT2D eigenvalue weighted by Crippen LogP contribution is -2.13. The molecule has 0 spiro atoms. The van der Waals surface area contributed by atoms with Crippen LogP contribution < -0.4 is 4.18 Å². The van der Waals surface area contributed by atoms with E-state index in [1.165, 1.54) is 19.2 Å². The van der Waals surface area contributed by atoms with Crippen LogP contribution >= 0.6 is 0 Å². The summed E-state index contributed by atoms with van der Waals surface area (Å²) in [5, 5.41) is 0.614. The molecule has 8 heteroatoms. The third kappa shape index (κ3) is 4.28. The molecule has 0 bridgehead atoms. The van der Waals surface area contributed by atoms with Gasteiger partial charge in [0.25, 0.3) is 0 Å². The van der Waals surface area contributed by atoms with Crippen molar-refractivity contribution in [1.29, 1.82) is 0 Å². The average Bonchev–Trinajstić information content (AvgIpc) is 2.61. The van der Waals surface area contributed by atoms with E-state index >= 15 is 0 Å². The van der Waals surface area contributed by atoms with E-state index in [1.54, 1.807) is 31.3 Å². The molecule has 3 aromatic rings. The Labute approximate surface area is 162 Å². The smallest absolute Gasteiger partial charge is 0.342 e. The fourth-order valence-corrected chi connectivity index (χ4v) is 3.42. The molecular formula is C20H18FNO5S. The Morgan fingerprint density at radius 3 is 2.43 bits per heavy atom. The number of halogens is 1. The Balaban J connectivity index is 2.13. The third-order valence-corrected chi connectivity index (χ3v) is 4.60. The molecule has 0 saturated heterocycles. The molecule has 0 radical (unpaired) electrons. The molecule has 146 valence electrons. The first-order valence-corrected chi connectivity index (χ1v) is 10.1. The molecule has 0 amide bonds. The lowest BCUT2D eigenvalue weighted by molar-refractivity contribution is 0.0598. The zero-order valence-electron chi connectivity index (χ0n) is 15.5. The van der Waals surface area contributed by atoms with Gasteiger partial charge in [-0.2, -0.15) is 8.42 Å². The van der Waals surface area contributed by atoms with Crippen molar-refractivity contribution >= 4 is 27.0 Å². The Morgan fingerprint density at radius 1 is 1.14 bits per heavy atom. The summed E-state index contributed by atoms with van der Waals surface area (Å²) in [6.45, 7) is 1.66. The van der Waals surface area contributed by atoms with Gasteiger partial charge in [-0.05, 0) is 54.3 Å². The lowest BCUT2D eigenvalue weighted by Gasteiger charge is -2.14.